The van der Waals surface area contributed by atoms with Crippen molar-refractivity contribution in [2.45, 2.75) is 56.5 Å². The number of piperidine rings is 1. The number of ether oxygens (including phenoxy) is 2. The van der Waals surface area contributed by atoms with Gasteiger partial charge < -0.3 is 34.4 Å². The lowest BCUT2D eigenvalue weighted by Crippen LogP contribution is -2.56. The third kappa shape index (κ3) is 5.54. The maximum absolute atomic E-state index is 13.2. The highest BCUT2D eigenvalue weighted by atomic mass is 16.5. The van der Waals surface area contributed by atoms with Gasteiger partial charge >= 0.3 is 0 Å². The Bertz CT molecular complexity index is 747. The summed E-state index contributed by atoms with van der Waals surface area (Å²) in [4.78, 5) is 19.6. The molecule has 8 nitrogen and oxygen atoms in total. The molecule has 0 saturated carbocycles. The van der Waals surface area contributed by atoms with E-state index in [1.807, 2.05) is 29.2 Å². The van der Waals surface area contributed by atoms with Crippen LogP contribution in [0.1, 0.15) is 32.1 Å². The van der Waals surface area contributed by atoms with E-state index in [2.05, 4.69) is 9.80 Å². The van der Waals surface area contributed by atoms with Gasteiger partial charge in [0.25, 0.3) is 5.91 Å². The van der Waals surface area contributed by atoms with Crippen molar-refractivity contribution < 1.29 is 24.5 Å². The van der Waals surface area contributed by atoms with Gasteiger partial charge in [0.2, 0.25) is 0 Å². The molecule has 0 radical (unpaired) electrons. The van der Waals surface area contributed by atoms with E-state index in [1.54, 1.807) is 7.11 Å². The van der Waals surface area contributed by atoms with Crippen molar-refractivity contribution >= 4 is 11.6 Å². The fourth-order valence-electron chi connectivity index (χ4n) is 5.02. The molecular formula is C24H37N3O5. The second-order valence-corrected chi connectivity index (χ2v) is 9.17. The van der Waals surface area contributed by atoms with Crippen molar-refractivity contribution in [3.8, 4) is 5.75 Å². The Balaban J connectivity index is 1.27. The average Bonchev–Trinajstić information content (AvgIpc) is 2.84. The smallest absolute Gasteiger partial charge is 0.254 e. The number of anilines is 1. The highest BCUT2D eigenvalue weighted by molar-refractivity contribution is 5.82. The van der Waals surface area contributed by atoms with Crippen molar-refractivity contribution in [1.29, 1.82) is 0 Å². The van der Waals surface area contributed by atoms with E-state index in [-0.39, 0.29) is 18.1 Å². The number of carbonyl (C=O) groups is 1. The van der Waals surface area contributed by atoms with Gasteiger partial charge in [0.1, 0.15) is 5.75 Å². The first kappa shape index (κ1) is 23.3. The second kappa shape index (κ2) is 10.8. The average molecular weight is 448 g/mol. The molecule has 0 bridgehead atoms. The quantitative estimate of drug-likeness (QED) is 0.675. The predicted octanol–water partition coefficient (Wildman–Crippen LogP) is 1.10. The van der Waals surface area contributed by atoms with E-state index in [4.69, 9.17) is 9.47 Å². The minimum absolute atomic E-state index is 0.00549. The molecule has 1 aromatic carbocycles. The van der Waals surface area contributed by atoms with Crippen LogP contribution in [-0.4, -0.2) is 103 Å². The topological polar surface area (TPSA) is 85.7 Å². The van der Waals surface area contributed by atoms with Crippen molar-refractivity contribution in [2.75, 3.05) is 57.8 Å². The van der Waals surface area contributed by atoms with Gasteiger partial charge in [-0.15, -0.1) is 0 Å². The molecule has 1 amide bonds. The summed E-state index contributed by atoms with van der Waals surface area (Å²) in [7, 11) is 1.67. The SMILES string of the molecule is COc1ccccc1N1CCN(C(=O)C2OC(CCN3CCC(O)CC3)CCC2O)CC1. The molecule has 3 saturated heterocycles. The number of benzene rings is 1. The molecule has 3 atom stereocenters. The van der Waals surface area contributed by atoms with Crippen LogP contribution in [0.15, 0.2) is 24.3 Å². The Morgan fingerprint density at radius 1 is 1.03 bits per heavy atom. The molecule has 0 spiro atoms. The monoisotopic (exact) mass is 447 g/mol. The zero-order chi connectivity index (χ0) is 22.5. The van der Waals surface area contributed by atoms with Gasteiger partial charge in [0.05, 0.1) is 31.1 Å². The molecular weight excluding hydrogens is 410 g/mol. The second-order valence-electron chi connectivity index (χ2n) is 9.17. The molecule has 8 heteroatoms. The maximum Gasteiger partial charge on any atom is 0.254 e. The van der Waals surface area contributed by atoms with Crippen LogP contribution in [0.2, 0.25) is 0 Å². The zero-order valence-corrected chi connectivity index (χ0v) is 19.1. The van der Waals surface area contributed by atoms with E-state index >= 15 is 0 Å². The Morgan fingerprint density at radius 2 is 1.75 bits per heavy atom. The fourth-order valence-corrected chi connectivity index (χ4v) is 5.02. The zero-order valence-electron chi connectivity index (χ0n) is 19.1. The Hall–Kier alpha value is -1.87. The number of rotatable bonds is 6. The molecule has 3 unspecified atom stereocenters. The van der Waals surface area contributed by atoms with Crippen molar-refractivity contribution in [1.82, 2.24) is 9.80 Å². The summed E-state index contributed by atoms with van der Waals surface area (Å²) in [6.45, 7) is 5.38. The van der Waals surface area contributed by atoms with Crippen molar-refractivity contribution in [3.05, 3.63) is 24.3 Å². The molecule has 2 N–H and O–H groups in total. The van der Waals surface area contributed by atoms with Gasteiger partial charge in [0.15, 0.2) is 6.10 Å². The Labute approximate surface area is 190 Å². The molecule has 178 valence electrons. The highest BCUT2D eigenvalue weighted by Crippen LogP contribution is 2.29. The van der Waals surface area contributed by atoms with Crippen LogP contribution in [-0.2, 0) is 9.53 Å². The highest BCUT2D eigenvalue weighted by Gasteiger charge is 2.38. The van der Waals surface area contributed by atoms with Gasteiger partial charge in [-0.3, -0.25) is 4.79 Å². The Kier molecular flexibility index (Phi) is 7.88. The summed E-state index contributed by atoms with van der Waals surface area (Å²) >= 11 is 0. The third-order valence-electron chi connectivity index (χ3n) is 7.06. The molecule has 0 aliphatic carbocycles. The summed E-state index contributed by atoms with van der Waals surface area (Å²) in [5.41, 5.74) is 1.04. The first-order valence-electron chi connectivity index (χ1n) is 12.0. The van der Waals surface area contributed by atoms with Crippen LogP contribution in [0.25, 0.3) is 0 Å². The van der Waals surface area contributed by atoms with Gasteiger partial charge in [-0.25, -0.2) is 0 Å². The summed E-state index contributed by atoms with van der Waals surface area (Å²) < 4.78 is 11.6. The summed E-state index contributed by atoms with van der Waals surface area (Å²) in [5, 5.41) is 20.2. The maximum atomic E-state index is 13.2. The molecule has 3 fully saturated rings. The number of para-hydroxylation sites is 2. The van der Waals surface area contributed by atoms with E-state index < -0.39 is 12.2 Å². The number of amides is 1. The van der Waals surface area contributed by atoms with Crippen LogP contribution in [0.5, 0.6) is 5.75 Å². The first-order chi connectivity index (χ1) is 15.5. The number of aliphatic hydroxyl groups excluding tert-OH is 2. The number of piperazine rings is 1. The number of hydrogen-bond donors (Lipinski definition) is 2. The number of likely N-dealkylation sites (tertiary alicyclic amines) is 1. The first-order valence-corrected chi connectivity index (χ1v) is 12.0. The summed E-state index contributed by atoms with van der Waals surface area (Å²) in [5.74, 6) is 0.743. The van der Waals surface area contributed by atoms with Crippen LogP contribution < -0.4 is 9.64 Å². The third-order valence-corrected chi connectivity index (χ3v) is 7.06. The van der Waals surface area contributed by atoms with Gasteiger partial charge in [-0.1, -0.05) is 12.1 Å². The normalized spacial score (nSPS) is 28.0. The molecule has 0 aromatic heterocycles. The van der Waals surface area contributed by atoms with Gasteiger partial charge in [0, 0.05) is 45.8 Å². The van der Waals surface area contributed by atoms with E-state index in [0.29, 0.717) is 19.5 Å². The lowest BCUT2D eigenvalue weighted by atomic mass is 9.97. The number of aliphatic hydroxyl groups is 2. The number of methoxy groups -OCH3 is 1. The van der Waals surface area contributed by atoms with E-state index in [9.17, 15) is 15.0 Å². The molecule has 3 aliphatic rings. The lowest BCUT2D eigenvalue weighted by molar-refractivity contribution is -0.168. The molecule has 1 aromatic rings. The van der Waals surface area contributed by atoms with Crippen molar-refractivity contribution in [3.63, 3.8) is 0 Å². The van der Waals surface area contributed by atoms with Gasteiger partial charge in [-0.2, -0.15) is 0 Å². The molecule has 3 heterocycles. The summed E-state index contributed by atoms with van der Waals surface area (Å²) in [6, 6.07) is 7.94. The fraction of sp³-hybridized carbons (Fsp3) is 0.708. The van der Waals surface area contributed by atoms with Crippen LogP contribution in [0.4, 0.5) is 5.69 Å². The number of hydrogen-bond acceptors (Lipinski definition) is 7. The number of nitrogens with zero attached hydrogens (tertiary/aromatic N) is 3. The predicted molar refractivity (Wildman–Crippen MR) is 122 cm³/mol. The Morgan fingerprint density at radius 3 is 2.47 bits per heavy atom. The summed E-state index contributed by atoms with van der Waals surface area (Å²) in [6.07, 6.45) is 2.20. The standard InChI is InChI=1S/C24H37N3O5/c1-31-22-5-3-2-4-20(22)26-14-16-27(17-15-26)24(30)23-21(29)7-6-19(32-23)10-13-25-11-8-18(28)9-12-25/h2-5,18-19,21,23,28-29H,6-17H2,1H3. The van der Waals surface area contributed by atoms with Crippen LogP contribution in [0.3, 0.4) is 0 Å². The minimum atomic E-state index is -0.769. The number of carbonyl (C=O) groups excluding carboxylic acids is 1. The minimum Gasteiger partial charge on any atom is -0.495 e. The van der Waals surface area contributed by atoms with E-state index in [1.165, 1.54) is 0 Å². The van der Waals surface area contributed by atoms with Gasteiger partial charge in [-0.05, 0) is 44.2 Å². The van der Waals surface area contributed by atoms with Crippen LogP contribution >= 0.6 is 0 Å². The van der Waals surface area contributed by atoms with E-state index in [0.717, 1.165) is 69.8 Å². The van der Waals surface area contributed by atoms with Crippen molar-refractivity contribution in [2.24, 2.45) is 0 Å². The molecule has 4 rings (SSSR count). The largest absolute Gasteiger partial charge is 0.495 e. The van der Waals surface area contributed by atoms with Crippen LogP contribution in [0, 0.1) is 0 Å². The molecule has 32 heavy (non-hydrogen) atoms. The lowest BCUT2D eigenvalue weighted by Gasteiger charge is -2.40. The molecule has 3 aliphatic heterocycles.